The fourth-order valence-electron chi connectivity index (χ4n) is 10.7. The number of carbonyl (C=O) groups excluding carboxylic acids is 1. The van der Waals surface area contributed by atoms with E-state index in [1.54, 1.807) is 6.08 Å². The van der Waals surface area contributed by atoms with Crippen molar-refractivity contribution in [3.8, 4) is 0 Å². The van der Waals surface area contributed by atoms with Crippen LogP contribution in [0.2, 0.25) is 0 Å². The molecule has 87 heavy (non-hydrogen) atoms. The van der Waals surface area contributed by atoms with Gasteiger partial charge in [-0.15, -0.1) is 0 Å². The van der Waals surface area contributed by atoms with Gasteiger partial charge in [-0.2, -0.15) is 0 Å². The van der Waals surface area contributed by atoms with Crippen LogP contribution in [0.4, 0.5) is 0 Å². The van der Waals surface area contributed by atoms with Crippen molar-refractivity contribution in [3.63, 3.8) is 0 Å². The first-order valence-corrected chi connectivity index (χ1v) is 34.6. The maximum atomic E-state index is 13.3. The first-order valence-electron chi connectivity index (χ1n) is 34.6. The Balaban J connectivity index is 1.59. The molecule has 12 unspecified atom stereocenters. The minimum absolute atomic E-state index is 0.251. The largest absolute Gasteiger partial charge is 0.394 e. The number of ether oxygens (including phenoxy) is 4. The van der Waals surface area contributed by atoms with E-state index in [1.165, 1.54) is 141 Å². The van der Waals surface area contributed by atoms with Crippen LogP contribution in [0.3, 0.4) is 0 Å². The van der Waals surface area contributed by atoms with Gasteiger partial charge in [0.1, 0.15) is 48.8 Å². The van der Waals surface area contributed by atoms with Gasteiger partial charge in [-0.25, -0.2) is 0 Å². The summed E-state index contributed by atoms with van der Waals surface area (Å²) in [4.78, 5) is 13.3. The van der Waals surface area contributed by atoms with Gasteiger partial charge in [0.05, 0.1) is 32.0 Å². The van der Waals surface area contributed by atoms with Crippen LogP contribution in [-0.4, -0.2) is 140 Å². The Bertz CT molecular complexity index is 1880. The molecule has 12 atom stereocenters. The van der Waals surface area contributed by atoms with Crippen molar-refractivity contribution in [1.29, 1.82) is 0 Å². The summed E-state index contributed by atoms with van der Waals surface area (Å²) in [5, 5.41) is 87.2. The molecular weight excluding hydrogens is 1100 g/mol. The molecule has 0 spiro atoms. The van der Waals surface area contributed by atoms with Crippen LogP contribution in [-0.2, 0) is 23.7 Å². The molecule has 0 aromatic heterocycles. The maximum absolute atomic E-state index is 13.3. The molecule has 2 fully saturated rings. The number of rotatable bonds is 55. The average Bonchev–Trinajstić information content (AvgIpc) is 2.05. The monoisotopic (exact) mass is 1220 g/mol. The van der Waals surface area contributed by atoms with Gasteiger partial charge in [0, 0.05) is 6.42 Å². The molecule has 2 rings (SSSR count). The van der Waals surface area contributed by atoms with Crippen LogP contribution >= 0.6 is 0 Å². The minimum atomic E-state index is -1.79. The third kappa shape index (κ3) is 40.9. The number of hydrogen-bond donors (Lipinski definition) is 9. The normalized spacial score (nSPS) is 24.0. The van der Waals surface area contributed by atoms with E-state index in [0.717, 1.165) is 77.0 Å². The smallest absolute Gasteiger partial charge is 0.220 e. The fraction of sp³-hybridized carbons (Fsp3) is 0.740. The molecule has 2 saturated heterocycles. The van der Waals surface area contributed by atoms with Gasteiger partial charge in [-0.1, -0.05) is 264 Å². The molecular formula is C73H125NO13. The van der Waals surface area contributed by atoms with E-state index in [4.69, 9.17) is 18.9 Å². The predicted molar refractivity (Wildman–Crippen MR) is 355 cm³/mol. The summed E-state index contributed by atoms with van der Waals surface area (Å²) in [5.41, 5.74) is 0. The van der Waals surface area contributed by atoms with Gasteiger partial charge < -0.3 is 65.1 Å². The summed E-state index contributed by atoms with van der Waals surface area (Å²) in [6, 6.07) is -0.936. The Morgan fingerprint density at radius 3 is 1.26 bits per heavy atom. The van der Waals surface area contributed by atoms with Gasteiger partial charge in [0.15, 0.2) is 12.6 Å². The van der Waals surface area contributed by atoms with Crippen molar-refractivity contribution in [2.75, 3.05) is 19.8 Å². The lowest BCUT2D eigenvalue weighted by molar-refractivity contribution is -0.359. The van der Waals surface area contributed by atoms with Gasteiger partial charge in [-0.05, 0) is 89.9 Å². The van der Waals surface area contributed by atoms with Gasteiger partial charge in [-0.3, -0.25) is 4.79 Å². The molecule has 2 aliphatic rings. The van der Waals surface area contributed by atoms with Crippen molar-refractivity contribution in [2.45, 2.75) is 325 Å². The van der Waals surface area contributed by atoms with Crippen LogP contribution in [0.5, 0.6) is 0 Å². The number of amides is 1. The molecule has 0 radical (unpaired) electrons. The van der Waals surface area contributed by atoms with Crippen molar-refractivity contribution in [3.05, 3.63) is 109 Å². The van der Waals surface area contributed by atoms with E-state index in [0.29, 0.717) is 12.8 Å². The summed E-state index contributed by atoms with van der Waals surface area (Å²) in [7, 11) is 0. The topological polar surface area (TPSA) is 228 Å². The van der Waals surface area contributed by atoms with Crippen LogP contribution in [0, 0.1) is 0 Å². The first-order chi connectivity index (χ1) is 42.6. The van der Waals surface area contributed by atoms with Crippen LogP contribution in [0.1, 0.15) is 251 Å². The quantitative estimate of drug-likeness (QED) is 0.0204. The summed E-state index contributed by atoms with van der Waals surface area (Å²) in [5.74, 6) is -0.251. The second-order valence-corrected chi connectivity index (χ2v) is 23.9. The summed E-state index contributed by atoms with van der Waals surface area (Å²) in [6.07, 6.45) is 64.4. The zero-order chi connectivity index (χ0) is 63.1. The van der Waals surface area contributed by atoms with E-state index >= 15 is 0 Å². The lowest BCUT2D eigenvalue weighted by atomic mass is 9.97. The minimum Gasteiger partial charge on any atom is -0.394 e. The Morgan fingerprint density at radius 2 is 0.805 bits per heavy atom. The highest BCUT2D eigenvalue weighted by atomic mass is 16.7. The molecule has 0 aliphatic carbocycles. The second-order valence-electron chi connectivity index (χ2n) is 23.9. The van der Waals surface area contributed by atoms with Crippen LogP contribution in [0.25, 0.3) is 0 Å². The predicted octanol–water partition coefficient (Wildman–Crippen LogP) is 14.0. The highest BCUT2D eigenvalue weighted by molar-refractivity contribution is 5.76. The number of unbranched alkanes of at least 4 members (excludes halogenated alkanes) is 26. The number of carbonyl (C=O) groups is 1. The average molecular weight is 1220 g/mol. The molecule has 500 valence electrons. The zero-order valence-corrected chi connectivity index (χ0v) is 54.2. The number of aliphatic hydroxyl groups is 8. The number of hydrogen-bond acceptors (Lipinski definition) is 13. The molecule has 0 saturated carbocycles. The fourth-order valence-corrected chi connectivity index (χ4v) is 10.7. The molecule has 1 amide bonds. The van der Waals surface area contributed by atoms with Crippen LogP contribution < -0.4 is 5.32 Å². The third-order valence-corrected chi connectivity index (χ3v) is 16.2. The molecule has 0 aromatic carbocycles. The van der Waals surface area contributed by atoms with Crippen LogP contribution in [0.15, 0.2) is 109 Å². The molecule has 2 heterocycles. The zero-order valence-electron chi connectivity index (χ0n) is 54.2. The van der Waals surface area contributed by atoms with E-state index in [9.17, 15) is 45.6 Å². The van der Waals surface area contributed by atoms with Gasteiger partial charge in [0.2, 0.25) is 5.91 Å². The van der Waals surface area contributed by atoms with Crippen molar-refractivity contribution >= 4 is 5.91 Å². The lowest BCUT2D eigenvalue weighted by Gasteiger charge is -2.46. The SMILES string of the molecule is CC/C=C\C/C=C\C/C=C\C/C=C\C/C=C\C/C=C\C/C=C\CCCCCCCCCCCCCCCCCCCC(=O)NC(COC1OC(CO)C(OC2OC(CO)C(O)C(O)C2O)C(O)C1O)C(O)/C=C/CC/C=C/CCCCCCCCCC. The highest BCUT2D eigenvalue weighted by Crippen LogP contribution is 2.30. The molecule has 0 aromatic rings. The van der Waals surface area contributed by atoms with Gasteiger partial charge >= 0.3 is 0 Å². The Kier molecular flexibility index (Phi) is 51.9. The number of nitrogens with one attached hydrogen (secondary N) is 1. The summed E-state index contributed by atoms with van der Waals surface area (Å²) >= 11 is 0. The second kappa shape index (κ2) is 56.6. The Hall–Kier alpha value is -3.35. The maximum Gasteiger partial charge on any atom is 0.220 e. The standard InChI is InChI=1S/C73H125NO13/c1-3-5-7-9-11-13-15-17-19-20-21-22-23-24-25-26-27-28-29-30-31-32-33-34-35-36-37-38-39-40-41-42-43-45-47-49-51-53-55-57-65(78)74-61(62(77)56-54-52-50-48-46-44-18-16-14-12-10-8-6-4-2)60-84-72-70(83)68(81)71(64(59-76)86-72)87-73-69(82)67(80)66(79)63(58-75)85-73/h5,7,11,13,17,19,21-22,24-25,27-28,30-31,46,48,54,56,61-64,66-73,75-77,79-83H,3-4,6,8-10,12,14-16,18,20,23,26,29,32-45,47,49-53,55,57-60H2,1-2H3,(H,74,78)/b7-5-,13-11-,19-17-,22-21-,25-24-,28-27-,31-30-,48-46+,56-54+. The molecule has 0 bridgehead atoms. The highest BCUT2D eigenvalue weighted by Gasteiger charge is 2.51. The van der Waals surface area contributed by atoms with E-state index < -0.39 is 86.8 Å². The van der Waals surface area contributed by atoms with Crippen molar-refractivity contribution < 1.29 is 64.6 Å². The lowest BCUT2D eigenvalue weighted by Crippen LogP contribution is -2.65. The molecule has 14 heteroatoms. The molecule has 9 N–H and O–H groups in total. The Labute approximate surface area is 527 Å². The van der Waals surface area contributed by atoms with Crippen molar-refractivity contribution in [2.24, 2.45) is 0 Å². The first kappa shape index (κ1) is 79.7. The van der Waals surface area contributed by atoms with E-state index in [-0.39, 0.29) is 18.9 Å². The number of allylic oxidation sites excluding steroid dienone is 17. The summed E-state index contributed by atoms with van der Waals surface area (Å²) < 4.78 is 22.8. The number of aliphatic hydroxyl groups excluding tert-OH is 8. The molecule has 14 nitrogen and oxygen atoms in total. The summed E-state index contributed by atoms with van der Waals surface area (Å²) in [6.45, 7) is 2.66. The van der Waals surface area contributed by atoms with E-state index in [2.05, 4.69) is 116 Å². The third-order valence-electron chi connectivity index (χ3n) is 16.2. The Morgan fingerprint density at radius 1 is 0.425 bits per heavy atom. The van der Waals surface area contributed by atoms with Crippen molar-refractivity contribution in [1.82, 2.24) is 5.32 Å². The van der Waals surface area contributed by atoms with E-state index in [1.807, 2.05) is 6.08 Å². The molecule has 2 aliphatic heterocycles. The van der Waals surface area contributed by atoms with Gasteiger partial charge in [0.25, 0.3) is 0 Å².